The van der Waals surface area contributed by atoms with Crippen LogP contribution in [-0.4, -0.2) is 23.3 Å². The van der Waals surface area contributed by atoms with E-state index in [1.165, 1.54) is 6.07 Å². The first-order chi connectivity index (χ1) is 11.2. The van der Waals surface area contributed by atoms with Crippen molar-refractivity contribution in [3.63, 3.8) is 0 Å². The van der Waals surface area contributed by atoms with Crippen molar-refractivity contribution < 1.29 is 4.39 Å². The SMILES string of the molecule is Cc1nsnc1-c1nc2c(F)cccc2n1Cc1cccnc1. The molecule has 0 unspecified atom stereocenters. The van der Waals surface area contributed by atoms with E-state index in [1.807, 2.05) is 29.7 Å². The molecule has 114 valence electrons. The van der Waals surface area contributed by atoms with Crippen molar-refractivity contribution in [3.05, 3.63) is 59.8 Å². The summed E-state index contributed by atoms with van der Waals surface area (Å²) in [5.41, 5.74) is 3.57. The van der Waals surface area contributed by atoms with Gasteiger partial charge in [0.05, 0.1) is 29.5 Å². The Hall–Kier alpha value is -2.67. The van der Waals surface area contributed by atoms with Gasteiger partial charge in [0.15, 0.2) is 11.6 Å². The van der Waals surface area contributed by atoms with Crippen LogP contribution in [0.3, 0.4) is 0 Å². The maximum absolute atomic E-state index is 14.1. The van der Waals surface area contributed by atoms with E-state index in [-0.39, 0.29) is 5.82 Å². The van der Waals surface area contributed by atoms with E-state index in [0.29, 0.717) is 23.6 Å². The number of rotatable bonds is 3. The van der Waals surface area contributed by atoms with Crippen LogP contribution < -0.4 is 0 Å². The maximum Gasteiger partial charge on any atom is 0.163 e. The molecule has 0 N–H and O–H groups in total. The molecule has 0 saturated carbocycles. The quantitative estimate of drug-likeness (QED) is 0.579. The number of benzene rings is 1. The highest BCUT2D eigenvalue weighted by molar-refractivity contribution is 6.99. The van der Waals surface area contributed by atoms with Gasteiger partial charge in [0.25, 0.3) is 0 Å². The highest BCUT2D eigenvalue weighted by Gasteiger charge is 2.19. The van der Waals surface area contributed by atoms with Crippen molar-refractivity contribution in [1.29, 1.82) is 0 Å². The van der Waals surface area contributed by atoms with Crippen LogP contribution in [-0.2, 0) is 6.54 Å². The predicted octanol–water partition coefficient (Wildman–Crippen LogP) is 3.45. The van der Waals surface area contributed by atoms with Crippen molar-refractivity contribution in [1.82, 2.24) is 23.3 Å². The third-order valence-corrected chi connectivity index (χ3v) is 4.28. The Bertz CT molecular complexity index is 977. The molecular formula is C16H12FN5S. The molecule has 1 aromatic carbocycles. The fourth-order valence-electron chi connectivity index (χ4n) is 2.56. The molecule has 0 aliphatic carbocycles. The van der Waals surface area contributed by atoms with Crippen LogP contribution in [0.15, 0.2) is 42.7 Å². The summed E-state index contributed by atoms with van der Waals surface area (Å²) in [5.74, 6) is 0.287. The van der Waals surface area contributed by atoms with E-state index >= 15 is 0 Å². The zero-order chi connectivity index (χ0) is 15.8. The summed E-state index contributed by atoms with van der Waals surface area (Å²) in [5, 5.41) is 0. The van der Waals surface area contributed by atoms with E-state index in [2.05, 4.69) is 18.7 Å². The maximum atomic E-state index is 14.1. The van der Waals surface area contributed by atoms with E-state index in [1.54, 1.807) is 18.5 Å². The largest absolute Gasteiger partial charge is 0.318 e. The van der Waals surface area contributed by atoms with E-state index < -0.39 is 0 Å². The van der Waals surface area contributed by atoms with Crippen LogP contribution in [0.4, 0.5) is 4.39 Å². The zero-order valence-corrected chi connectivity index (χ0v) is 13.1. The van der Waals surface area contributed by atoms with Gasteiger partial charge < -0.3 is 4.57 Å². The molecule has 0 fully saturated rings. The van der Waals surface area contributed by atoms with Gasteiger partial charge in [-0.15, -0.1) is 0 Å². The number of fused-ring (bicyclic) bond motifs is 1. The normalized spacial score (nSPS) is 11.2. The highest BCUT2D eigenvalue weighted by atomic mass is 32.1. The monoisotopic (exact) mass is 325 g/mol. The second kappa shape index (κ2) is 5.51. The standard InChI is InChI=1S/C16H12FN5S/c1-10-14(21-23-20-10)16-19-15-12(17)5-2-6-13(15)22(16)9-11-4-3-7-18-8-11/h2-8H,9H2,1H3. The molecule has 0 aliphatic rings. The van der Waals surface area contributed by atoms with Crippen molar-refractivity contribution >= 4 is 22.8 Å². The second-order valence-electron chi connectivity index (χ2n) is 5.19. The summed E-state index contributed by atoms with van der Waals surface area (Å²) in [6.07, 6.45) is 3.52. The Morgan fingerprint density at radius 3 is 2.83 bits per heavy atom. The van der Waals surface area contributed by atoms with Crippen molar-refractivity contribution in [2.75, 3.05) is 0 Å². The molecule has 4 aromatic rings. The minimum absolute atomic E-state index is 0.338. The lowest BCUT2D eigenvalue weighted by atomic mass is 10.2. The lowest BCUT2D eigenvalue weighted by molar-refractivity contribution is 0.637. The Kier molecular flexibility index (Phi) is 3.34. The number of hydrogen-bond donors (Lipinski definition) is 0. The zero-order valence-electron chi connectivity index (χ0n) is 12.3. The van der Waals surface area contributed by atoms with Gasteiger partial charge in [-0.3, -0.25) is 4.98 Å². The number of aromatic nitrogens is 5. The van der Waals surface area contributed by atoms with E-state index in [4.69, 9.17) is 0 Å². The van der Waals surface area contributed by atoms with Crippen LogP contribution in [0.5, 0.6) is 0 Å². The Labute approximate surface area is 135 Å². The van der Waals surface area contributed by atoms with Crippen LogP contribution in [0, 0.1) is 12.7 Å². The fourth-order valence-corrected chi connectivity index (χ4v) is 3.11. The summed E-state index contributed by atoms with van der Waals surface area (Å²) in [6, 6.07) is 8.83. The molecule has 0 atom stereocenters. The van der Waals surface area contributed by atoms with Gasteiger partial charge in [0.1, 0.15) is 11.2 Å². The van der Waals surface area contributed by atoms with Crippen molar-refractivity contribution in [2.45, 2.75) is 13.5 Å². The Balaban J connectivity index is 1.96. The number of nitrogens with zero attached hydrogens (tertiary/aromatic N) is 5. The van der Waals surface area contributed by atoms with Gasteiger partial charge in [-0.05, 0) is 30.7 Å². The third-order valence-electron chi connectivity index (χ3n) is 3.66. The predicted molar refractivity (Wildman–Crippen MR) is 86.7 cm³/mol. The Morgan fingerprint density at radius 1 is 1.17 bits per heavy atom. The molecule has 0 amide bonds. The van der Waals surface area contributed by atoms with Crippen molar-refractivity contribution in [2.24, 2.45) is 0 Å². The summed E-state index contributed by atoms with van der Waals surface area (Å²) < 4.78 is 24.6. The molecule has 3 heterocycles. The molecule has 0 radical (unpaired) electrons. The lowest BCUT2D eigenvalue weighted by Crippen LogP contribution is -2.03. The van der Waals surface area contributed by atoms with Gasteiger partial charge in [0.2, 0.25) is 0 Å². The van der Waals surface area contributed by atoms with Gasteiger partial charge in [-0.1, -0.05) is 12.1 Å². The summed E-state index contributed by atoms with van der Waals surface area (Å²) in [6.45, 7) is 2.42. The molecule has 4 rings (SSSR count). The smallest absolute Gasteiger partial charge is 0.163 e. The number of halogens is 1. The summed E-state index contributed by atoms with van der Waals surface area (Å²) >= 11 is 1.13. The highest BCUT2D eigenvalue weighted by Crippen LogP contribution is 2.28. The number of imidazole rings is 1. The molecule has 3 aromatic heterocycles. The molecule has 0 bridgehead atoms. The Morgan fingerprint density at radius 2 is 2.09 bits per heavy atom. The molecule has 7 heteroatoms. The summed E-state index contributed by atoms with van der Waals surface area (Å²) in [4.78, 5) is 8.62. The first kappa shape index (κ1) is 14.0. The van der Waals surface area contributed by atoms with E-state index in [0.717, 1.165) is 28.5 Å². The molecule has 0 spiro atoms. The van der Waals surface area contributed by atoms with Crippen LogP contribution in [0.1, 0.15) is 11.3 Å². The molecule has 5 nitrogen and oxygen atoms in total. The number of para-hydroxylation sites is 1. The average Bonchev–Trinajstić information content (AvgIpc) is 3.13. The topological polar surface area (TPSA) is 56.5 Å². The van der Waals surface area contributed by atoms with Gasteiger partial charge in [0, 0.05) is 12.4 Å². The number of aryl methyl sites for hydroxylation is 1. The second-order valence-corrected chi connectivity index (χ2v) is 5.72. The van der Waals surface area contributed by atoms with Gasteiger partial charge in [-0.2, -0.15) is 8.75 Å². The summed E-state index contributed by atoms with van der Waals surface area (Å²) in [7, 11) is 0. The van der Waals surface area contributed by atoms with Gasteiger partial charge in [-0.25, -0.2) is 9.37 Å². The van der Waals surface area contributed by atoms with Crippen LogP contribution in [0.2, 0.25) is 0 Å². The molecular weight excluding hydrogens is 313 g/mol. The van der Waals surface area contributed by atoms with Gasteiger partial charge >= 0.3 is 0 Å². The van der Waals surface area contributed by atoms with Crippen molar-refractivity contribution in [3.8, 4) is 11.5 Å². The molecule has 23 heavy (non-hydrogen) atoms. The van der Waals surface area contributed by atoms with Crippen LogP contribution >= 0.6 is 11.7 Å². The fraction of sp³-hybridized carbons (Fsp3) is 0.125. The minimum Gasteiger partial charge on any atom is -0.318 e. The first-order valence-corrected chi connectivity index (χ1v) is 7.80. The number of hydrogen-bond acceptors (Lipinski definition) is 5. The molecule has 0 aliphatic heterocycles. The molecule has 0 saturated heterocycles. The first-order valence-electron chi connectivity index (χ1n) is 7.07. The number of pyridine rings is 1. The minimum atomic E-state index is -0.338. The average molecular weight is 325 g/mol. The van der Waals surface area contributed by atoms with Crippen LogP contribution in [0.25, 0.3) is 22.6 Å². The van der Waals surface area contributed by atoms with E-state index in [9.17, 15) is 4.39 Å². The third kappa shape index (κ3) is 2.39. The lowest BCUT2D eigenvalue weighted by Gasteiger charge is -2.08.